The van der Waals surface area contributed by atoms with Gasteiger partial charge in [0.1, 0.15) is 5.75 Å². The molecule has 1 saturated carbocycles. The predicted molar refractivity (Wildman–Crippen MR) is 74.5 cm³/mol. The Morgan fingerprint density at radius 2 is 2.05 bits per heavy atom. The fraction of sp³-hybridized carbons (Fsp3) is 0.533. The van der Waals surface area contributed by atoms with Gasteiger partial charge in [0.05, 0.1) is 0 Å². The van der Waals surface area contributed by atoms with E-state index in [9.17, 15) is 9.90 Å². The van der Waals surface area contributed by atoms with E-state index in [4.69, 9.17) is 5.73 Å². The average molecular weight is 262 g/mol. The lowest BCUT2D eigenvalue weighted by atomic mass is 9.85. The van der Waals surface area contributed by atoms with Gasteiger partial charge < -0.3 is 15.7 Å². The molecule has 0 aromatic heterocycles. The van der Waals surface area contributed by atoms with E-state index in [1.807, 2.05) is 19.2 Å². The number of carbonyl (C=O) groups is 1. The summed E-state index contributed by atoms with van der Waals surface area (Å²) in [7, 11) is 1.83. The molecule has 0 spiro atoms. The van der Waals surface area contributed by atoms with Crippen LogP contribution in [0.1, 0.15) is 31.2 Å². The topological polar surface area (TPSA) is 66.6 Å². The van der Waals surface area contributed by atoms with Crippen LogP contribution in [-0.4, -0.2) is 29.0 Å². The van der Waals surface area contributed by atoms with Gasteiger partial charge in [-0.05, 0) is 37.0 Å². The van der Waals surface area contributed by atoms with E-state index in [0.29, 0.717) is 6.54 Å². The summed E-state index contributed by atoms with van der Waals surface area (Å²) in [6, 6.07) is 7.14. The molecule has 1 aliphatic rings. The zero-order chi connectivity index (χ0) is 13.8. The maximum atomic E-state index is 12.3. The number of rotatable bonds is 3. The molecule has 0 radical (unpaired) electrons. The van der Waals surface area contributed by atoms with Crippen molar-refractivity contribution in [3.05, 3.63) is 29.8 Å². The number of benzene rings is 1. The first-order valence-electron chi connectivity index (χ1n) is 6.84. The molecule has 0 bridgehead atoms. The highest BCUT2D eigenvalue weighted by Gasteiger charge is 2.27. The van der Waals surface area contributed by atoms with Crippen molar-refractivity contribution in [3.8, 4) is 5.75 Å². The van der Waals surface area contributed by atoms with E-state index in [-0.39, 0.29) is 23.6 Å². The Labute approximate surface area is 114 Å². The van der Waals surface area contributed by atoms with Gasteiger partial charge in [0.25, 0.3) is 0 Å². The van der Waals surface area contributed by atoms with Crippen molar-refractivity contribution < 1.29 is 9.90 Å². The van der Waals surface area contributed by atoms with E-state index >= 15 is 0 Å². The molecule has 2 atom stereocenters. The lowest BCUT2D eigenvalue weighted by Crippen LogP contribution is -2.38. The quantitative estimate of drug-likeness (QED) is 0.874. The molecule has 0 aliphatic heterocycles. The Kier molecular flexibility index (Phi) is 4.43. The minimum atomic E-state index is 0.0749. The number of hydrogen-bond donors (Lipinski definition) is 2. The first kappa shape index (κ1) is 13.9. The van der Waals surface area contributed by atoms with Crippen LogP contribution in [0.4, 0.5) is 0 Å². The van der Waals surface area contributed by atoms with Crippen molar-refractivity contribution in [1.29, 1.82) is 0 Å². The van der Waals surface area contributed by atoms with Gasteiger partial charge >= 0.3 is 0 Å². The zero-order valence-electron chi connectivity index (χ0n) is 11.4. The summed E-state index contributed by atoms with van der Waals surface area (Å²) in [6.07, 6.45) is 3.83. The normalized spacial score (nSPS) is 23.1. The van der Waals surface area contributed by atoms with Gasteiger partial charge in [-0.15, -0.1) is 0 Å². The monoisotopic (exact) mass is 262 g/mol. The molecule has 3 N–H and O–H groups in total. The predicted octanol–water partition coefficient (Wildman–Crippen LogP) is 1.87. The van der Waals surface area contributed by atoms with Crippen LogP contribution in [0.25, 0.3) is 0 Å². The summed E-state index contributed by atoms with van der Waals surface area (Å²) < 4.78 is 0. The largest absolute Gasteiger partial charge is 0.508 e. The van der Waals surface area contributed by atoms with Crippen LogP contribution in [0.2, 0.25) is 0 Å². The van der Waals surface area contributed by atoms with Crippen molar-refractivity contribution in [2.24, 2.45) is 11.7 Å². The molecule has 1 fully saturated rings. The molecule has 1 aromatic rings. The Bertz CT molecular complexity index is 430. The molecule has 2 rings (SSSR count). The van der Waals surface area contributed by atoms with E-state index < -0.39 is 0 Å². The number of amides is 1. The highest BCUT2D eigenvalue weighted by Crippen LogP contribution is 2.25. The molecule has 4 heteroatoms. The van der Waals surface area contributed by atoms with Crippen molar-refractivity contribution >= 4 is 5.91 Å². The number of hydrogen-bond acceptors (Lipinski definition) is 3. The third kappa shape index (κ3) is 3.70. The molecule has 2 unspecified atom stereocenters. The third-order valence-electron chi connectivity index (χ3n) is 3.80. The van der Waals surface area contributed by atoms with Crippen LogP contribution in [-0.2, 0) is 11.3 Å². The van der Waals surface area contributed by atoms with E-state index in [1.54, 1.807) is 17.0 Å². The van der Waals surface area contributed by atoms with Crippen LogP contribution in [0, 0.1) is 5.92 Å². The van der Waals surface area contributed by atoms with Gasteiger partial charge in [-0.1, -0.05) is 18.6 Å². The molecule has 4 nitrogen and oxygen atoms in total. The van der Waals surface area contributed by atoms with Gasteiger partial charge in [-0.25, -0.2) is 0 Å². The number of nitrogens with two attached hydrogens (primary N) is 1. The van der Waals surface area contributed by atoms with E-state index in [2.05, 4.69) is 0 Å². The second-order valence-corrected chi connectivity index (χ2v) is 5.48. The van der Waals surface area contributed by atoms with E-state index in [1.165, 1.54) is 0 Å². The van der Waals surface area contributed by atoms with Crippen molar-refractivity contribution in [2.45, 2.75) is 38.3 Å². The zero-order valence-corrected chi connectivity index (χ0v) is 11.4. The number of phenolic OH excluding ortho intramolecular Hbond substituents is 1. The first-order chi connectivity index (χ1) is 9.06. The standard InChI is InChI=1S/C15H22N2O2/c1-17(10-11-5-7-14(18)8-6-11)15(19)12-3-2-4-13(16)9-12/h5-8,12-13,18H,2-4,9-10,16H2,1H3. The number of phenols is 1. The molecule has 1 aliphatic carbocycles. The van der Waals surface area contributed by atoms with Gasteiger partial charge in [-0.3, -0.25) is 4.79 Å². The summed E-state index contributed by atoms with van der Waals surface area (Å²) >= 11 is 0. The van der Waals surface area contributed by atoms with Gasteiger partial charge in [0.2, 0.25) is 5.91 Å². The van der Waals surface area contributed by atoms with Gasteiger partial charge in [-0.2, -0.15) is 0 Å². The molecule has 1 amide bonds. The third-order valence-corrected chi connectivity index (χ3v) is 3.80. The Hall–Kier alpha value is -1.55. The number of carbonyl (C=O) groups excluding carboxylic acids is 1. The molecule has 1 aromatic carbocycles. The lowest BCUT2D eigenvalue weighted by Gasteiger charge is -2.29. The Morgan fingerprint density at radius 1 is 1.37 bits per heavy atom. The van der Waals surface area contributed by atoms with Crippen molar-refractivity contribution in [3.63, 3.8) is 0 Å². The minimum Gasteiger partial charge on any atom is -0.508 e. The highest BCUT2D eigenvalue weighted by molar-refractivity contribution is 5.78. The highest BCUT2D eigenvalue weighted by atomic mass is 16.3. The second-order valence-electron chi connectivity index (χ2n) is 5.48. The molecular weight excluding hydrogens is 240 g/mol. The van der Waals surface area contributed by atoms with Crippen LogP contribution in [0.5, 0.6) is 5.75 Å². The van der Waals surface area contributed by atoms with Crippen LogP contribution in [0.3, 0.4) is 0 Å². The summed E-state index contributed by atoms with van der Waals surface area (Å²) in [5.41, 5.74) is 6.96. The smallest absolute Gasteiger partial charge is 0.225 e. The number of nitrogens with zero attached hydrogens (tertiary/aromatic N) is 1. The Balaban J connectivity index is 1.93. The van der Waals surface area contributed by atoms with Crippen molar-refractivity contribution in [2.75, 3.05) is 7.05 Å². The lowest BCUT2D eigenvalue weighted by molar-refractivity contribution is -0.135. The SMILES string of the molecule is CN(Cc1ccc(O)cc1)C(=O)C1CCCC(N)C1. The molecular formula is C15H22N2O2. The molecule has 19 heavy (non-hydrogen) atoms. The molecule has 0 heterocycles. The number of aromatic hydroxyl groups is 1. The minimum absolute atomic E-state index is 0.0749. The molecule has 104 valence electrons. The average Bonchev–Trinajstić information content (AvgIpc) is 2.40. The Morgan fingerprint density at radius 3 is 2.68 bits per heavy atom. The van der Waals surface area contributed by atoms with Crippen LogP contribution < -0.4 is 5.73 Å². The fourth-order valence-electron chi connectivity index (χ4n) is 2.72. The maximum absolute atomic E-state index is 12.3. The second kappa shape index (κ2) is 6.06. The van der Waals surface area contributed by atoms with Crippen molar-refractivity contribution in [1.82, 2.24) is 4.90 Å². The molecule has 0 saturated heterocycles. The van der Waals surface area contributed by atoms with Gasteiger partial charge in [0, 0.05) is 25.6 Å². The van der Waals surface area contributed by atoms with Crippen LogP contribution in [0.15, 0.2) is 24.3 Å². The van der Waals surface area contributed by atoms with Gasteiger partial charge in [0.15, 0.2) is 0 Å². The summed E-state index contributed by atoms with van der Waals surface area (Å²) in [5.74, 6) is 0.505. The van der Waals surface area contributed by atoms with Crippen LogP contribution >= 0.6 is 0 Å². The maximum Gasteiger partial charge on any atom is 0.225 e. The fourth-order valence-corrected chi connectivity index (χ4v) is 2.72. The van der Waals surface area contributed by atoms with E-state index in [0.717, 1.165) is 31.2 Å². The summed E-state index contributed by atoms with van der Waals surface area (Å²) in [4.78, 5) is 14.1. The summed E-state index contributed by atoms with van der Waals surface area (Å²) in [5, 5.41) is 9.24. The summed E-state index contributed by atoms with van der Waals surface area (Å²) in [6.45, 7) is 0.574. The first-order valence-corrected chi connectivity index (χ1v) is 6.84.